The van der Waals surface area contributed by atoms with Gasteiger partial charge in [-0.25, -0.2) is 0 Å². The van der Waals surface area contributed by atoms with Crippen molar-refractivity contribution >= 4 is 0 Å². The van der Waals surface area contributed by atoms with Crippen LogP contribution in [0, 0.1) is 0 Å². The average molecular weight is 160 g/mol. The molecule has 0 saturated carbocycles. The third-order valence-electron chi connectivity index (χ3n) is 1.14. The molecule has 0 radical (unpaired) electrons. The van der Waals surface area contributed by atoms with Crippen molar-refractivity contribution in [2.24, 2.45) is 0 Å². The first kappa shape index (κ1) is 10.6. The average Bonchev–Trinajstić information content (AvgIpc) is 2.04. The molecule has 0 heterocycles. The fraction of sp³-hybridized carbons (Fsp3) is 0.750. The molecular formula is C8H16O3. The second kappa shape index (κ2) is 7.72. The van der Waals surface area contributed by atoms with Crippen LogP contribution in [0.2, 0.25) is 0 Å². The number of ether oxygens (including phenoxy) is 2. The third-order valence-corrected chi connectivity index (χ3v) is 1.14. The van der Waals surface area contributed by atoms with E-state index in [1.807, 2.05) is 6.92 Å². The van der Waals surface area contributed by atoms with Gasteiger partial charge >= 0.3 is 0 Å². The first-order chi connectivity index (χ1) is 5.31. The van der Waals surface area contributed by atoms with Crippen LogP contribution in [0.3, 0.4) is 0 Å². The topological polar surface area (TPSA) is 38.7 Å². The predicted molar refractivity (Wildman–Crippen MR) is 43.5 cm³/mol. The van der Waals surface area contributed by atoms with E-state index in [-0.39, 0.29) is 0 Å². The van der Waals surface area contributed by atoms with Gasteiger partial charge in [0.25, 0.3) is 0 Å². The lowest BCUT2D eigenvalue weighted by Crippen LogP contribution is -2.14. The first-order valence-corrected chi connectivity index (χ1v) is 3.77. The Kier molecular flexibility index (Phi) is 7.46. The summed E-state index contributed by atoms with van der Waals surface area (Å²) in [5, 5.41) is 8.93. The highest BCUT2D eigenvalue weighted by Gasteiger charge is 1.96. The van der Waals surface area contributed by atoms with Gasteiger partial charge in [0, 0.05) is 6.61 Å². The second-order valence-corrected chi connectivity index (χ2v) is 2.07. The summed E-state index contributed by atoms with van der Waals surface area (Å²) in [4.78, 5) is 0. The summed E-state index contributed by atoms with van der Waals surface area (Å²) in [5.74, 6) is 0. The molecule has 3 nitrogen and oxygen atoms in total. The van der Waals surface area contributed by atoms with Crippen LogP contribution in [0.4, 0.5) is 0 Å². The SMILES string of the molecule is C=CC(O)COCCOCC. The second-order valence-electron chi connectivity index (χ2n) is 2.07. The Bertz CT molecular complexity index is 93.3. The minimum Gasteiger partial charge on any atom is -0.387 e. The number of hydrogen-bond acceptors (Lipinski definition) is 3. The molecule has 1 N–H and O–H groups in total. The summed E-state index contributed by atoms with van der Waals surface area (Å²) in [5.41, 5.74) is 0. The largest absolute Gasteiger partial charge is 0.387 e. The van der Waals surface area contributed by atoms with E-state index in [1.54, 1.807) is 0 Å². The van der Waals surface area contributed by atoms with Crippen LogP contribution in [-0.2, 0) is 9.47 Å². The van der Waals surface area contributed by atoms with E-state index in [1.165, 1.54) is 6.08 Å². The molecule has 1 unspecified atom stereocenters. The number of aliphatic hydroxyl groups is 1. The fourth-order valence-electron chi connectivity index (χ4n) is 0.534. The monoisotopic (exact) mass is 160 g/mol. The summed E-state index contributed by atoms with van der Waals surface area (Å²) in [7, 11) is 0. The van der Waals surface area contributed by atoms with E-state index in [0.29, 0.717) is 26.4 Å². The lowest BCUT2D eigenvalue weighted by atomic mass is 10.4. The molecule has 0 aliphatic heterocycles. The number of aliphatic hydroxyl groups excluding tert-OH is 1. The van der Waals surface area contributed by atoms with Crippen molar-refractivity contribution in [2.75, 3.05) is 26.4 Å². The molecule has 0 aliphatic carbocycles. The maximum absolute atomic E-state index is 8.93. The quantitative estimate of drug-likeness (QED) is 0.437. The van der Waals surface area contributed by atoms with Gasteiger partial charge in [-0.15, -0.1) is 6.58 Å². The minimum absolute atomic E-state index is 0.302. The van der Waals surface area contributed by atoms with Gasteiger partial charge in [-0.3, -0.25) is 0 Å². The lowest BCUT2D eigenvalue weighted by Gasteiger charge is -2.06. The lowest BCUT2D eigenvalue weighted by molar-refractivity contribution is 0.0200. The Balaban J connectivity index is 2.95. The normalized spacial score (nSPS) is 12.9. The van der Waals surface area contributed by atoms with E-state index < -0.39 is 6.10 Å². The van der Waals surface area contributed by atoms with Gasteiger partial charge in [-0.05, 0) is 6.92 Å². The van der Waals surface area contributed by atoms with Gasteiger partial charge in [0.05, 0.1) is 25.9 Å². The predicted octanol–water partition coefficient (Wildman–Crippen LogP) is 0.586. The van der Waals surface area contributed by atoms with E-state index >= 15 is 0 Å². The van der Waals surface area contributed by atoms with Crippen molar-refractivity contribution in [3.8, 4) is 0 Å². The molecule has 0 aromatic heterocycles. The Morgan fingerprint density at radius 1 is 1.45 bits per heavy atom. The maximum Gasteiger partial charge on any atom is 0.0951 e. The highest BCUT2D eigenvalue weighted by molar-refractivity contribution is 4.76. The number of hydrogen-bond donors (Lipinski definition) is 1. The van der Waals surface area contributed by atoms with E-state index in [4.69, 9.17) is 14.6 Å². The zero-order chi connectivity index (χ0) is 8.53. The molecule has 0 aliphatic rings. The van der Waals surface area contributed by atoms with Crippen molar-refractivity contribution in [3.05, 3.63) is 12.7 Å². The minimum atomic E-state index is -0.559. The maximum atomic E-state index is 8.93. The molecule has 0 saturated heterocycles. The van der Waals surface area contributed by atoms with E-state index in [0.717, 1.165) is 0 Å². The smallest absolute Gasteiger partial charge is 0.0951 e. The highest BCUT2D eigenvalue weighted by atomic mass is 16.5. The van der Waals surface area contributed by atoms with Crippen molar-refractivity contribution in [3.63, 3.8) is 0 Å². The van der Waals surface area contributed by atoms with Crippen LogP contribution in [0.25, 0.3) is 0 Å². The van der Waals surface area contributed by atoms with Crippen LogP contribution >= 0.6 is 0 Å². The van der Waals surface area contributed by atoms with Crippen LogP contribution in [0.1, 0.15) is 6.92 Å². The summed E-state index contributed by atoms with van der Waals surface area (Å²) in [6.45, 7) is 7.46. The first-order valence-electron chi connectivity index (χ1n) is 3.77. The van der Waals surface area contributed by atoms with E-state index in [2.05, 4.69) is 6.58 Å². The zero-order valence-corrected chi connectivity index (χ0v) is 6.95. The molecule has 1 atom stereocenters. The van der Waals surface area contributed by atoms with Crippen molar-refractivity contribution in [1.82, 2.24) is 0 Å². The molecule has 11 heavy (non-hydrogen) atoms. The van der Waals surface area contributed by atoms with Gasteiger partial charge in [-0.1, -0.05) is 6.08 Å². The Hall–Kier alpha value is -0.380. The summed E-state index contributed by atoms with van der Waals surface area (Å²) < 4.78 is 10.1. The van der Waals surface area contributed by atoms with Crippen molar-refractivity contribution in [1.29, 1.82) is 0 Å². The fourth-order valence-corrected chi connectivity index (χ4v) is 0.534. The van der Waals surface area contributed by atoms with Gasteiger partial charge in [0.1, 0.15) is 0 Å². The van der Waals surface area contributed by atoms with E-state index in [9.17, 15) is 0 Å². The third kappa shape index (κ3) is 7.52. The zero-order valence-electron chi connectivity index (χ0n) is 6.95. The molecule has 0 fully saturated rings. The van der Waals surface area contributed by atoms with Gasteiger partial charge in [0.2, 0.25) is 0 Å². The van der Waals surface area contributed by atoms with Crippen molar-refractivity contribution < 1.29 is 14.6 Å². The molecule has 0 spiro atoms. The molecule has 0 aromatic rings. The summed E-state index contributed by atoms with van der Waals surface area (Å²) in [6.07, 6.45) is 0.886. The van der Waals surface area contributed by atoms with Crippen LogP contribution in [0.5, 0.6) is 0 Å². The molecule has 3 heteroatoms. The van der Waals surface area contributed by atoms with Crippen molar-refractivity contribution in [2.45, 2.75) is 13.0 Å². The molecule has 0 rings (SSSR count). The molecular weight excluding hydrogens is 144 g/mol. The van der Waals surface area contributed by atoms with Crippen LogP contribution < -0.4 is 0 Å². The highest BCUT2D eigenvalue weighted by Crippen LogP contribution is 1.85. The number of rotatable bonds is 7. The molecule has 0 bridgehead atoms. The molecule has 0 aromatic carbocycles. The molecule has 0 amide bonds. The summed E-state index contributed by atoms with van der Waals surface area (Å²) >= 11 is 0. The van der Waals surface area contributed by atoms with Gasteiger partial charge in [0.15, 0.2) is 0 Å². The molecule has 66 valence electrons. The van der Waals surface area contributed by atoms with Gasteiger partial charge in [-0.2, -0.15) is 0 Å². The summed E-state index contributed by atoms with van der Waals surface area (Å²) in [6, 6.07) is 0. The standard InChI is InChI=1S/C8H16O3/c1-3-8(9)7-11-6-5-10-4-2/h3,8-9H,1,4-7H2,2H3. The van der Waals surface area contributed by atoms with Crippen LogP contribution in [0.15, 0.2) is 12.7 Å². The Morgan fingerprint density at radius 2 is 2.09 bits per heavy atom. The van der Waals surface area contributed by atoms with Crippen LogP contribution in [-0.4, -0.2) is 37.6 Å². The Morgan fingerprint density at radius 3 is 2.64 bits per heavy atom. The van der Waals surface area contributed by atoms with Gasteiger partial charge < -0.3 is 14.6 Å². The Labute approximate surface area is 67.6 Å².